The number of carbonyl (C=O) groups is 1. The Morgan fingerprint density at radius 1 is 0.833 bits per heavy atom. The van der Waals surface area contributed by atoms with Gasteiger partial charge in [-0.2, -0.15) is 0 Å². The van der Waals surface area contributed by atoms with Crippen LogP contribution >= 0.6 is 0 Å². The fourth-order valence-electron chi connectivity index (χ4n) is 5.91. The number of rotatable bonds is 4. The second kappa shape index (κ2) is 8.93. The summed E-state index contributed by atoms with van der Waals surface area (Å²) in [4.78, 5) is 13.2. The van der Waals surface area contributed by atoms with Gasteiger partial charge < -0.3 is 0 Å². The van der Waals surface area contributed by atoms with E-state index < -0.39 is 0 Å². The summed E-state index contributed by atoms with van der Waals surface area (Å²) in [5, 5.41) is 2.16. The molecule has 2 atom stereocenters. The summed E-state index contributed by atoms with van der Waals surface area (Å²) in [6.07, 6.45) is 11.1. The van der Waals surface area contributed by atoms with Gasteiger partial charge in [-0.15, -0.1) is 0 Å². The van der Waals surface area contributed by atoms with E-state index in [2.05, 4.69) is 59.0 Å². The lowest BCUT2D eigenvalue weighted by Gasteiger charge is -2.33. The summed E-state index contributed by atoms with van der Waals surface area (Å²) in [5.74, 6) is 1.44. The molecule has 1 aliphatic heterocycles. The number of benzene rings is 2. The van der Waals surface area contributed by atoms with Crippen LogP contribution in [-0.4, -0.2) is 24.0 Å². The Morgan fingerprint density at radius 2 is 1.63 bits per heavy atom. The van der Waals surface area contributed by atoms with Gasteiger partial charge in [0, 0.05) is 13.1 Å². The number of hydrogen-bond acceptors (Lipinski definition) is 2. The van der Waals surface area contributed by atoms with Crippen LogP contribution in [-0.2, 0) is 11.2 Å². The third-order valence-corrected chi connectivity index (χ3v) is 7.60. The van der Waals surface area contributed by atoms with Gasteiger partial charge in [0.2, 0.25) is 5.91 Å². The Kier molecular flexibility index (Phi) is 5.90. The summed E-state index contributed by atoms with van der Waals surface area (Å²) >= 11 is 0. The average Bonchev–Trinajstić information content (AvgIpc) is 3.24. The normalized spacial score (nSPS) is 25.1. The molecule has 0 aromatic heterocycles. The quantitative estimate of drug-likeness (QED) is 0.714. The van der Waals surface area contributed by atoms with Crippen molar-refractivity contribution in [3.63, 3.8) is 0 Å². The van der Waals surface area contributed by atoms with Gasteiger partial charge in [-0.05, 0) is 72.6 Å². The maximum Gasteiger partial charge on any atom is 0.241 e. The van der Waals surface area contributed by atoms with Crippen molar-refractivity contribution in [3.8, 4) is 0 Å². The fourth-order valence-corrected chi connectivity index (χ4v) is 5.91. The van der Waals surface area contributed by atoms with Gasteiger partial charge in [0.25, 0.3) is 0 Å². The van der Waals surface area contributed by atoms with Crippen LogP contribution in [0.4, 0.5) is 0 Å². The minimum absolute atomic E-state index is 0.0116. The molecule has 0 bridgehead atoms. The van der Waals surface area contributed by atoms with Crippen molar-refractivity contribution in [1.82, 2.24) is 10.4 Å². The second-order valence-corrected chi connectivity index (χ2v) is 9.56. The van der Waals surface area contributed by atoms with Crippen LogP contribution in [0.1, 0.15) is 91.4 Å². The molecule has 5 rings (SSSR count). The van der Waals surface area contributed by atoms with E-state index in [0.717, 1.165) is 38.3 Å². The van der Waals surface area contributed by atoms with Gasteiger partial charge in [-0.3, -0.25) is 10.2 Å². The number of hydrazine groups is 1. The summed E-state index contributed by atoms with van der Waals surface area (Å²) in [6.45, 7) is 1.87. The minimum Gasteiger partial charge on any atom is -0.288 e. The van der Waals surface area contributed by atoms with E-state index in [1.165, 1.54) is 60.8 Å². The molecule has 1 saturated heterocycles. The summed E-state index contributed by atoms with van der Waals surface area (Å²) in [7, 11) is 0. The number of carbonyl (C=O) groups excluding carboxylic acids is 1. The molecule has 1 saturated carbocycles. The van der Waals surface area contributed by atoms with Crippen LogP contribution in [0, 0.1) is 0 Å². The van der Waals surface area contributed by atoms with Crippen molar-refractivity contribution in [3.05, 3.63) is 70.8 Å². The number of nitrogens with one attached hydrogen (secondary N) is 1. The molecule has 1 heterocycles. The first-order valence-electron chi connectivity index (χ1n) is 12.0. The molecule has 3 nitrogen and oxygen atoms in total. The molecule has 0 radical (unpaired) electrons. The van der Waals surface area contributed by atoms with Crippen molar-refractivity contribution >= 4 is 5.91 Å². The van der Waals surface area contributed by atoms with Gasteiger partial charge in [-0.25, -0.2) is 5.01 Å². The molecule has 158 valence electrons. The van der Waals surface area contributed by atoms with Crippen LogP contribution in [0.3, 0.4) is 0 Å². The molecule has 2 aliphatic carbocycles. The average molecular weight is 403 g/mol. The van der Waals surface area contributed by atoms with E-state index in [4.69, 9.17) is 0 Å². The standard InChI is InChI=1S/C27H34N2O/c30-27(28-29-17-7-12-24(19-29)21-10-5-2-6-11-21)26-16-14-23-18-22(13-15-25(23)26)20-8-3-1-4-9-20/h2,5-6,10-11,13,15,18,20,24,26H,1,3-4,7-9,12,14,16-17,19H2,(H,28,30). The minimum atomic E-state index is 0.0116. The SMILES string of the molecule is O=C(NN1CCCC(c2ccccc2)C1)C1CCc2cc(C3CCCCC3)ccc21. The number of piperidine rings is 1. The van der Waals surface area contributed by atoms with Gasteiger partial charge in [0.1, 0.15) is 0 Å². The van der Waals surface area contributed by atoms with Crippen LogP contribution in [0.2, 0.25) is 0 Å². The Balaban J connectivity index is 1.23. The third-order valence-electron chi connectivity index (χ3n) is 7.60. The molecular formula is C27H34N2O. The molecule has 1 amide bonds. The first kappa shape index (κ1) is 19.8. The summed E-state index contributed by atoms with van der Waals surface area (Å²) in [6, 6.07) is 17.7. The number of amides is 1. The number of nitrogens with zero attached hydrogens (tertiary/aromatic N) is 1. The fraction of sp³-hybridized carbons (Fsp3) is 0.519. The molecule has 3 aliphatic rings. The van der Waals surface area contributed by atoms with E-state index in [-0.39, 0.29) is 11.8 Å². The van der Waals surface area contributed by atoms with Crippen molar-refractivity contribution < 1.29 is 4.79 Å². The first-order chi connectivity index (χ1) is 14.8. The van der Waals surface area contributed by atoms with Crippen molar-refractivity contribution in [2.45, 2.75) is 75.5 Å². The van der Waals surface area contributed by atoms with E-state index >= 15 is 0 Å². The van der Waals surface area contributed by atoms with Crippen molar-refractivity contribution in [1.29, 1.82) is 0 Å². The Hall–Kier alpha value is -2.13. The van der Waals surface area contributed by atoms with Crippen LogP contribution in [0.15, 0.2) is 48.5 Å². The smallest absolute Gasteiger partial charge is 0.241 e. The molecule has 30 heavy (non-hydrogen) atoms. The predicted octanol–water partition coefficient (Wildman–Crippen LogP) is 5.67. The topological polar surface area (TPSA) is 32.3 Å². The highest BCUT2D eigenvalue weighted by molar-refractivity contribution is 5.84. The van der Waals surface area contributed by atoms with E-state index in [1.807, 2.05) is 0 Å². The Labute approximate surface area is 180 Å². The van der Waals surface area contributed by atoms with Crippen molar-refractivity contribution in [2.75, 3.05) is 13.1 Å². The molecule has 1 N–H and O–H groups in total. The Bertz CT molecular complexity index is 872. The summed E-state index contributed by atoms with van der Waals surface area (Å²) in [5.41, 5.74) is 8.85. The highest BCUT2D eigenvalue weighted by Crippen LogP contribution is 2.38. The zero-order chi connectivity index (χ0) is 20.3. The number of fused-ring (bicyclic) bond motifs is 1. The third kappa shape index (κ3) is 4.18. The lowest BCUT2D eigenvalue weighted by Crippen LogP contribution is -2.48. The maximum absolute atomic E-state index is 13.2. The van der Waals surface area contributed by atoms with Gasteiger partial charge >= 0.3 is 0 Å². The predicted molar refractivity (Wildman–Crippen MR) is 121 cm³/mol. The molecule has 2 aromatic carbocycles. The van der Waals surface area contributed by atoms with E-state index in [9.17, 15) is 4.79 Å². The van der Waals surface area contributed by atoms with Crippen LogP contribution in [0.5, 0.6) is 0 Å². The molecule has 3 heteroatoms. The Morgan fingerprint density at radius 3 is 2.47 bits per heavy atom. The van der Waals surface area contributed by atoms with E-state index in [1.54, 1.807) is 0 Å². The summed E-state index contributed by atoms with van der Waals surface area (Å²) < 4.78 is 0. The zero-order valence-corrected chi connectivity index (χ0v) is 18.0. The molecule has 2 unspecified atom stereocenters. The molecule has 0 spiro atoms. The lowest BCUT2D eigenvalue weighted by molar-refractivity contribution is -0.128. The van der Waals surface area contributed by atoms with E-state index in [0.29, 0.717) is 5.92 Å². The maximum atomic E-state index is 13.2. The highest BCUT2D eigenvalue weighted by atomic mass is 16.2. The van der Waals surface area contributed by atoms with Gasteiger partial charge in [0.05, 0.1) is 5.92 Å². The molecule has 2 fully saturated rings. The molecular weight excluding hydrogens is 368 g/mol. The monoisotopic (exact) mass is 402 g/mol. The van der Waals surface area contributed by atoms with Gasteiger partial charge in [-0.1, -0.05) is 67.8 Å². The van der Waals surface area contributed by atoms with Gasteiger partial charge in [0.15, 0.2) is 0 Å². The second-order valence-electron chi connectivity index (χ2n) is 9.56. The number of hydrogen-bond donors (Lipinski definition) is 1. The van der Waals surface area contributed by atoms with Crippen molar-refractivity contribution in [2.24, 2.45) is 0 Å². The molecule has 2 aromatic rings. The largest absolute Gasteiger partial charge is 0.288 e. The van der Waals surface area contributed by atoms with Crippen LogP contribution in [0.25, 0.3) is 0 Å². The highest BCUT2D eigenvalue weighted by Gasteiger charge is 2.31. The lowest BCUT2D eigenvalue weighted by atomic mass is 9.83. The number of aryl methyl sites for hydroxylation is 1. The zero-order valence-electron chi connectivity index (χ0n) is 18.0. The van der Waals surface area contributed by atoms with Crippen LogP contribution < -0.4 is 5.43 Å². The first-order valence-corrected chi connectivity index (χ1v) is 12.0.